The number of carbonyl (C=O) groups excluding carboxylic acids is 2. The minimum atomic E-state index is -4.25. The number of esters is 1. The standard InChI is InChI=1S/C25H35N7O7S/c1-4-39-24(34)20-14-16(2)10-12-31(20)23(33)19(8-6-11-27-25(26)29-32(35)36)30-40(37,38)21-9-5-7-18-13-17(3)15-28-22(18)21/h5,7,9,13,15-16,19-20,30H,4,6,8,10-12,14H2,1-3H3,(H3,26,27,29)/t16-,19+,20+/m1/s1. The maximum absolute atomic E-state index is 13.8. The normalized spacial score (nSPS) is 18.8. The van der Waals surface area contributed by atoms with Crippen molar-refractivity contribution in [3.05, 3.63) is 46.1 Å². The average molecular weight is 578 g/mol. The number of carbonyl (C=O) groups is 2. The molecule has 2 aromatic rings. The number of aryl methyl sites for hydroxylation is 1. The Morgan fingerprint density at radius 2 is 2.12 bits per heavy atom. The van der Waals surface area contributed by atoms with Crippen molar-refractivity contribution in [2.75, 3.05) is 19.7 Å². The van der Waals surface area contributed by atoms with Crippen molar-refractivity contribution < 1.29 is 27.8 Å². The van der Waals surface area contributed by atoms with Gasteiger partial charge in [-0.2, -0.15) is 4.72 Å². The van der Waals surface area contributed by atoms with E-state index in [1.807, 2.05) is 19.9 Å². The van der Waals surface area contributed by atoms with Crippen LogP contribution in [0.4, 0.5) is 0 Å². The molecule has 1 amide bonds. The Balaban J connectivity index is 1.91. The van der Waals surface area contributed by atoms with Crippen LogP contribution in [0.15, 0.2) is 40.4 Å². The number of fused-ring (bicyclic) bond motifs is 1. The Morgan fingerprint density at radius 3 is 2.83 bits per heavy atom. The average Bonchev–Trinajstić information content (AvgIpc) is 2.89. The van der Waals surface area contributed by atoms with Crippen LogP contribution in [0.5, 0.6) is 0 Å². The highest BCUT2D eigenvalue weighted by molar-refractivity contribution is 7.89. The van der Waals surface area contributed by atoms with Crippen LogP contribution in [-0.4, -0.2) is 73.0 Å². The Labute approximate surface area is 232 Å². The molecule has 2 heterocycles. The number of hydrogen-bond acceptors (Lipinski definition) is 9. The molecule has 0 unspecified atom stereocenters. The summed E-state index contributed by atoms with van der Waals surface area (Å²) in [5.74, 6) is -1.36. The summed E-state index contributed by atoms with van der Waals surface area (Å²) in [5.41, 5.74) is 8.30. The highest BCUT2D eigenvalue weighted by Gasteiger charge is 2.39. The van der Waals surface area contributed by atoms with Crippen molar-refractivity contribution in [2.24, 2.45) is 16.6 Å². The van der Waals surface area contributed by atoms with Crippen LogP contribution in [-0.2, 0) is 24.3 Å². The lowest BCUT2D eigenvalue weighted by atomic mass is 9.91. The number of aliphatic imine (C=N–C) groups is 1. The minimum absolute atomic E-state index is 0.00773. The van der Waals surface area contributed by atoms with E-state index in [0.717, 1.165) is 5.56 Å². The molecule has 1 aliphatic rings. The van der Waals surface area contributed by atoms with Gasteiger partial charge in [0.05, 0.1) is 12.1 Å². The molecule has 0 radical (unpaired) electrons. The zero-order valence-electron chi connectivity index (χ0n) is 22.7. The third-order valence-electron chi connectivity index (χ3n) is 6.54. The number of ether oxygens (including phenoxy) is 1. The lowest BCUT2D eigenvalue weighted by Gasteiger charge is -2.38. The third-order valence-corrected chi connectivity index (χ3v) is 8.04. The van der Waals surface area contributed by atoms with Gasteiger partial charge in [0.25, 0.3) is 5.96 Å². The highest BCUT2D eigenvalue weighted by atomic mass is 32.2. The second-order valence-electron chi connectivity index (χ2n) is 9.72. The predicted molar refractivity (Wildman–Crippen MR) is 147 cm³/mol. The second-order valence-corrected chi connectivity index (χ2v) is 11.4. The summed E-state index contributed by atoms with van der Waals surface area (Å²) in [7, 11) is -4.25. The van der Waals surface area contributed by atoms with Crippen molar-refractivity contribution >= 4 is 38.8 Å². The number of piperidine rings is 1. The number of nitro groups is 1. The molecule has 3 rings (SSSR count). The van der Waals surface area contributed by atoms with Gasteiger partial charge in [0, 0.05) is 24.7 Å². The lowest BCUT2D eigenvalue weighted by molar-refractivity contribution is -0.525. The van der Waals surface area contributed by atoms with E-state index in [9.17, 15) is 28.1 Å². The van der Waals surface area contributed by atoms with Crippen molar-refractivity contribution in [3.63, 3.8) is 0 Å². The molecule has 1 aromatic carbocycles. The van der Waals surface area contributed by atoms with E-state index in [1.54, 1.807) is 30.7 Å². The van der Waals surface area contributed by atoms with Gasteiger partial charge in [0.2, 0.25) is 15.9 Å². The summed E-state index contributed by atoms with van der Waals surface area (Å²) in [4.78, 5) is 46.5. The summed E-state index contributed by atoms with van der Waals surface area (Å²) in [5, 5.41) is 10.3. The fourth-order valence-corrected chi connectivity index (χ4v) is 6.04. The van der Waals surface area contributed by atoms with Crippen molar-refractivity contribution in [1.29, 1.82) is 0 Å². The van der Waals surface area contributed by atoms with Gasteiger partial charge in [0.15, 0.2) is 5.03 Å². The summed E-state index contributed by atoms with van der Waals surface area (Å²) in [6.07, 6.45) is 2.75. The molecule has 3 atom stereocenters. The molecule has 15 heteroatoms. The first-order valence-electron chi connectivity index (χ1n) is 13.0. The molecule has 1 fully saturated rings. The summed E-state index contributed by atoms with van der Waals surface area (Å²) >= 11 is 0. The number of pyridine rings is 1. The zero-order valence-corrected chi connectivity index (χ0v) is 23.5. The van der Waals surface area contributed by atoms with Crippen LogP contribution >= 0.6 is 0 Å². The van der Waals surface area contributed by atoms with Crippen LogP contribution < -0.4 is 15.9 Å². The number of nitrogens with zero attached hydrogens (tertiary/aromatic N) is 4. The third kappa shape index (κ3) is 7.85. The number of hydrazine groups is 1. The fraction of sp³-hybridized carbons (Fsp3) is 0.520. The summed E-state index contributed by atoms with van der Waals surface area (Å²) < 4.78 is 35.0. The van der Waals surface area contributed by atoms with E-state index in [0.29, 0.717) is 18.2 Å². The summed E-state index contributed by atoms with van der Waals surface area (Å²) in [6, 6.07) is 4.46. The number of aromatic nitrogens is 1. The smallest absolute Gasteiger partial charge is 0.328 e. The molecule has 1 aliphatic heterocycles. The van der Waals surface area contributed by atoms with E-state index in [2.05, 4.69) is 14.7 Å². The maximum atomic E-state index is 13.8. The van der Waals surface area contributed by atoms with E-state index < -0.39 is 45.0 Å². The fourth-order valence-electron chi connectivity index (χ4n) is 4.63. The Kier molecular flexibility index (Phi) is 10.3. The first kappa shape index (κ1) is 30.7. The van der Waals surface area contributed by atoms with E-state index in [1.165, 1.54) is 11.0 Å². The Hall–Kier alpha value is -3.85. The predicted octanol–water partition coefficient (Wildman–Crippen LogP) is 1.26. The molecule has 0 bridgehead atoms. The number of guanidine groups is 1. The summed E-state index contributed by atoms with van der Waals surface area (Å²) in [6.45, 7) is 5.89. The SMILES string of the molecule is CCOC(=O)[C@@H]1C[C@H](C)CCN1C(=O)[C@H](CCCN=C(N)N[N+](=O)[O-])NS(=O)(=O)c1cccc2cc(C)cnc12. The van der Waals surface area contributed by atoms with Crippen LogP contribution in [0.25, 0.3) is 10.9 Å². The van der Waals surface area contributed by atoms with Gasteiger partial charge in [-0.25, -0.2) is 28.3 Å². The Morgan fingerprint density at radius 1 is 1.38 bits per heavy atom. The van der Waals surface area contributed by atoms with E-state index in [-0.39, 0.29) is 48.9 Å². The van der Waals surface area contributed by atoms with Crippen LogP contribution in [0, 0.1) is 23.0 Å². The van der Waals surface area contributed by atoms with E-state index >= 15 is 0 Å². The number of rotatable bonds is 11. The van der Waals surface area contributed by atoms with Crippen LogP contribution in [0.1, 0.15) is 45.1 Å². The van der Waals surface area contributed by atoms with Gasteiger partial charge in [0.1, 0.15) is 17.0 Å². The quantitative estimate of drug-likeness (QED) is 0.0872. The number of likely N-dealkylation sites (tertiary alicyclic amines) is 1. The topological polar surface area (TPSA) is 199 Å². The second kappa shape index (κ2) is 13.5. The monoisotopic (exact) mass is 577 g/mol. The maximum Gasteiger partial charge on any atom is 0.328 e. The largest absolute Gasteiger partial charge is 0.464 e. The molecular weight excluding hydrogens is 542 g/mol. The molecular formula is C25H35N7O7S. The molecule has 40 heavy (non-hydrogen) atoms. The van der Waals surface area contributed by atoms with Gasteiger partial charge in [-0.05, 0) is 63.1 Å². The Bertz CT molecular complexity index is 1380. The molecule has 0 saturated carbocycles. The minimum Gasteiger partial charge on any atom is -0.464 e. The first-order valence-corrected chi connectivity index (χ1v) is 14.5. The van der Waals surface area contributed by atoms with Gasteiger partial charge >= 0.3 is 5.97 Å². The molecule has 0 spiro atoms. The number of amides is 1. The van der Waals surface area contributed by atoms with Crippen molar-refractivity contribution in [1.82, 2.24) is 20.0 Å². The van der Waals surface area contributed by atoms with Crippen LogP contribution in [0.2, 0.25) is 0 Å². The van der Waals surface area contributed by atoms with Crippen molar-refractivity contribution in [3.8, 4) is 0 Å². The first-order chi connectivity index (χ1) is 18.9. The molecule has 0 aliphatic carbocycles. The number of para-hydroxylation sites is 1. The molecule has 4 N–H and O–H groups in total. The number of hydrogen-bond donors (Lipinski definition) is 3. The number of sulfonamides is 1. The molecule has 1 saturated heterocycles. The van der Waals surface area contributed by atoms with Crippen LogP contribution in [0.3, 0.4) is 0 Å². The van der Waals surface area contributed by atoms with Gasteiger partial charge in [-0.1, -0.05) is 24.5 Å². The molecule has 14 nitrogen and oxygen atoms in total. The number of nitrogens with two attached hydrogens (primary N) is 1. The molecule has 218 valence electrons. The van der Waals surface area contributed by atoms with Crippen molar-refractivity contribution in [2.45, 2.75) is 63.4 Å². The van der Waals surface area contributed by atoms with Gasteiger partial charge in [-0.15, -0.1) is 0 Å². The lowest BCUT2D eigenvalue weighted by Crippen LogP contribution is -2.56. The van der Waals surface area contributed by atoms with Gasteiger partial charge in [-0.3, -0.25) is 9.78 Å². The molecule has 1 aromatic heterocycles. The zero-order chi connectivity index (χ0) is 29.4. The number of benzene rings is 1. The van der Waals surface area contributed by atoms with E-state index in [4.69, 9.17) is 10.5 Å². The number of nitrogens with one attached hydrogen (secondary N) is 2. The highest BCUT2D eigenvalue weighted by Crippen LogP contribution is 2.26. The van der Waals surface area contributed by atoms with Gasteiger partial charge < -0.3 is 15.4 Å².